The van der Waals surface area contributed by atoms with Crippen molar-refractivity contribution in [1.82, 2.24) is 14.4 Å². The summed E-state index contributed by atoms with van der Waals surface area (Å²) in [4.78, 5) is 8.31. The number of rotatable bonds is 1. The molecule has 2 aromatic heterocycles. The second kappa shape index (κ2) is 3.03. The van der Waals surface area contributed by atoms with Crippen molar-refractivity contribution < 1.29 is 5.11 Å². The molecule has 0 aliphatic heterocycles. The van der Waals surface area contributed by atoms with Crippen molar-refractivity contribution >= 4 is 21.6 Å². The molecule has 0 aromatic carbocycles. The lowest BCUT2D eigenvalue weighted by molar-refractivity contribution is 0.0744. The summed E-state index contributed by atoms with van der Waals surface area (Å²) in [5.74, 6) is 0. The van der Waals surface area contributed by atoms with E-state index >= 15 is 0 Å². The molecule has 2 rings (SSSR count). The molecule has 4 nitrogen and oxygen atoms in total. The van der Waals surface area contributed by atoms with E-state index in [0.717, 1.165) is 10.1 Å². The third-order valence-corrected chi connectivity index (χ3v) is 2.51. The van der Waals surface area contributed by atoms with Crippen LogP contribution in [0.25, 0.3) is 5.65 Å². The predicted octanol–water partition coefficient (Wildman–Crippen LogP) is 1.72. The molecule has 0 amide bonds. The summed E-state index contributed by atoms with van der Waals surface area (Å²) >= 11 is 3.35. The maximum absolute atomic E-state index is 9.77. The number of hydrogen-bond acceptors (Lipinski definition) is 3. The van der Waals surface area contributed by atoms with Crippen molar-refractivity contribution in [3.05, 3.63) is 28.9 Å². The van der Waals surface area contributed by atoms with Crippen molar-refractivity contribution in [3.8, 4) is 0 Å². The minimum absolute atomic E-state index is 0.631. The molecule has 2 heterocycles. The minimum Gasteiger partial charge on any atom is -0.384 e. The third-order valence-electron chi connectivity index (χ3n) is 1.95. The Kier molecular flexibility index (Phi) is 2.08. The molecule has 0 atom stereocenters. The van der Waals surface area contributed by atoms with Gasteiger partial charge in [-0.15, -0.1) is 0 Å². The molecule has 14 heavy (non-hydrogen) atoms. The Balaban J connectivity index is 2.69. The summed E-state index contributed by atoms with van der Waals surface area (Å²) in [6.07, 6.45) is 5.10. The van der Waals surface area contributed by atoms with E-state index < -0.39 is 5.60 Å². The summed E-state index contributed by atoms with van der Waals surface area (Å²) in [6, 6.07) is 0. The molecule has 1 N–H and O–H groups in total. The summed E-state index contributed by atoms with van der Waals surface area (Å²) in [5.41, 5.74) is 0.467. The van der Waals surface area contributed by atoms with Crippen LogP contribution in [0.15, 0.2) is 23.2 Å². The first kappa shape index (κ1) is 9.61. The highest BCUT2D eigenvalue weighted by atomic mass is 79.9. The van der Waals surface area contributed by atoms with E-state index in [1.807, 2.05) is 0 Å². The quantitative estimate of drug-likeness (QED) is 0.845. The SMILES string of the molecule is CC(C)(O)c1cn2cncc(Br)c2n1. The first-order valence-electron chi connectivity index (χ1n) is 4.19. The van der Waals surface area contributed by atoms with Crippen molar-refractivity contribution in [2.45, 2.75) is 19.4 Å². The predicted molar refractivity (Wildman–Crippen MR) is 55.9 cm³/mol. The molecule has 0 radical (unpaired) electrons. The topological polar surface area (TPSA) is 50.4 Å². The van der Waals surface area contributed by atoms with Crippen LogP contribution in [0.3, 0.4) is 0 Å². The Morgan fingerprint density at radius 2 is 2.21 bits per heavy atom. The van der Waals surface area contributed by atoms with Crippen LogP contribution in [0, 0.1) is 0 Å². The van der Waals surface area contributed by atoms with E-state index in [2.05, 4.69) is 25.9 Å². The molecule has 0 saturated heterocycles. The van der Waals surface area contributed by atoms with E-state index in [9.17, 15) is 5.11 Å². The molecular weight excluding hydrogens is 246 g/mol. The first-order valence-corrected chi connectivity index (χ1v) is 4.99. The highest BCUT2D eigenvalue weighted by Crippen LogP contribution is 2.22. The molecule has 0 fully saturated rings. The van der Waals surface area contributed by atoms with Crippen molar-refractivity contribution in [2.24, 2.45) is 0 Å². The summed E-state index contributed by atoms with van der Waals surface area (Å²) in [5, 5.41) is 9.77. The van der Waals surface area contributed by atoms with E-state index in [1.54, 1.807) is 37.0 Å². The summed E-state index contributed by atoms with van der Waals surface area (Å²) in [7, 11) is 0. The zero-order valence-electron chi connectivity index (χ0n) is 7.90. The fourth-order valence-electron chi connectivity index (χ4n) is 1.18. The molecular formula is C9H10BrN3O. The van der Waals surface area contributed by atoms with Crippen molar-refractivity contribution in [1.29, 1.82) is 0 Å². The largest absolute Gasteiger partial charge is 0.384 e. The molecule has 0 spiro atoms. The van der Waals surface area contributed by atoms with Crippen LogP contribution in [0.2, 0.25) is 0 Å². The molecule has 2 aromatic rings. The van der Waals surface area contributed by atoms with Gasteiger partial charge in [0.05, 0.1) is 10.2 Å². The normalized spacial score (nSPS) is 12.3. The molecule has 0 saturated carbocycles. The summed E-state index contributed by atoms with van der Waals surface area (Å²) in [6.45, 7) is 3.41. The molecule has 0 unspecified atom stereocenters. The van der Waals surface area contributed by atoms with Crippen LogP contribution < -0.4 is 0 Å². The Labute approximate surface area is 89.7 Å². The second-order valence-corrected chi connectivity index (χ2v) is 4.51. The monoisotopic (exact) mass is 255 g/mol. The van der Waals surface area contributed by atoms with Crippen LogP contribution in [0.4, 0.5) is 0 Å². The smallest absolute Gasteiger partial charge is 0.154 e. The number of aromatic nitrogens is 3. The molecule has 0 aliphatic carbocycles. The van der Waals surface area contributed by atoms with E-state index in [0.29, 0.717) is 5.69 Å². The van der Waals surface area contributed by atoms with Gasteiger partial charge in [0.1, 0.15) is 11.9 Å². The van der Waals surface area contributed by atoms with Crippen molar-refractivity contribution in [2.75, 3.05) is 0 Å². The second-order valence-electron chi connectivity index (χ2n) is 3.66. The van der Waals surface area contributed by atoms with Gasteiger partial charge in [-0.05, 0) is 29.8 Å². The molecule has 0 aliphatic rings. The number of fused-ring (bicyclic) bond motifs is 1. The Hall–Kier alpha value is -0.940. The first-order chi connectivity index (χ1) is 6.48. The average molecular weight is 256 g/mol. The van der Waals surface area contributed by atoms with Gasteiger partial charge in [0, 0.05) is 12.4 Å². The molecule has 0 bridgehead atoms. The lowest BCUT2D eigenvalue weighted by atomic mass is 10.1. The lowest BCUT2D eigenvalue weighted by Crippen LogP contribution is -2.15. The van der Waals surface area contributed by atoms with Gasteiger partial charge < -0.3 is 5.11 Å². The van der Waals surface area contributed by atoms with Gasteiger partial charge in [0.25, 0.3) is 0 Å². The van der Waals surface area contributed by atoms with Gasteiger partial charge in [-0.3, -0.25) is 4.40 Å². The van der Waals surface area contributed by atoms with Crippen LogP contribution in [-0.2, 0) is 5.60 Å². The molecule has 5 heteroatoms. The Morgan fingerprint density at radius 3 is 2.79 bits per heavy atom. The van der Waals surface area contributed by atoms with Gasteiger partial charge in [-0.25, -0.2) is 9.97 Å². The molecule has 74 valence electrons. The maximum Gasteiger partial charge on any atom is 0.154 e. The fourth-order valence-corrected chi connectivity index (χ4v) is 1.59. The number of imidazole rings is 1. The van der Waals surface area contributed by atoms with Crippen molar-refractivity contribution in [3.63, 3.8) is 0 Å². The van der Waals surface area contributed by atoms with Gasteiger partial charge in [0.2, 0.25) is 0 Å². The van der Waals surface area contributed by atoms with Gasteiger partial charge in [-0.1, -0.05) is 0 Å². The van der Waals surface area contributed by atoms with Crippen LogP contribution in [0.1, 0.15) is 19.5 Å². The number of halogens is 1. The lowest BCUT2D eigenvalue weighted by Gasteiger charge is -2.12. The van der Waals surface area contributed by atoms with Gasteiger partial charge in [0.15, 0.2) is 5.65 Å². The van der Waals surface area contributed by atoms with Gasteiger partial charge >= 0.3 is 0 Å². The zero-order chi connectivity index (χ0) is 10.3. The third kappa shape index (κ3) is 1.53. The van der Waals surface area contributed by atoms with E-state index in [4.69, 9.17) is 0 Å². The standard InChI is InChI=1S/C9H10BrN3O/c1-9(2,14)7-4-13-5-11-3-6(10)8(13)12-7/h3-5,14H,1-2H3. The summed E-state index contributed by atoms with van der Waals surface area (Å²) < 4.78 is 2.59. The minimum atomic E-state index is -0.925. The van der Waals surface area contributed by atoms with E-state index in [1.165, 1.54) is 0 Å². The number of hydrogen-bond donors (Lipinski definition) is 1. The Bertz CT molecular complexity index is 472. The van der Waals surface area contributed by atoms with E-state index in [-0.39, 0.29) is 0 Å². The highest BCUT2D eigenvalue weighted by Gasteiger charge is 2.20. The van der Waals surface area contributed by atoms with Crippen LogP contribution in [-0.4, -0.2) is 19.5 Å². The van der Waals surface area contributed by atoms with Crippen LogP contribution >= 0.6 is 15.9 Å². The number of aliphatic hydroxyl groups is 1. The number of nitrogens with zero attached hydrogens (tertiary/aromatic N) is 3. The average Bonchev–Trinajstić information content (AvgIpc) is 2.48. The fraction of sp³-hybridized carbons (Fsp3) is 0.333. The zero-order valence-corrected chi connectivity index (χ0v) is 9.48. The van der Waals surface area contributed by atoms with Crippen LogP contribution in [0.5, 0.6) is 0 Å². The Morgan fingerprint density at radius 1 is 1.50 bits per heavy atom. The van der Waals surface area contributed by atoms with Gasteiger partial charge in [-0.2, -0.15) is 0 Å². The maximum atomic E-state index is 9.77. The highest BCUT2D eigenvalue weighted by molar-refractivity contribution is 9.10.